The number of thioether (sulfide) groups is 1. The van der Waals surface area contributed by atoms with Crippen molar-refractivity contribution in [3.8, 4) is 0 Å². The van der Waals surface area contributed by atoms with E-state index in [0.717, 1.165) is 20.8 Å². The number of nitrogens with one attached hydrogen (secondary N) is 2. The number of carbonyl (C=O) groups excluding carboxylic acids is 2. The minimum Gasteiger partial charge on any atom is -0.322 e. The number of fused-ring (bicyclic) bond motifs is 1. The fourth-order valence-corrected chi connectivity index (χ4v) is 5.21. The molecule has 0 aliphatic rings. The molecular weight excluding hydrogens is 424 g/mol. The summed E-state index contributed by atoms with van der Waals surface area (Å²) >= 11 is 4.52. The second-order valence-electron chi connectivity index (χ2n) is 6.10. The van der Waals surface area contributed by atoms with E-state index in [-0.39, 0.29) is 11.8 Å². The summed E-state index contributed by atoms with van der Waals surface area (Å²) in [5.74, 6) is 0.383. The van der Waals surface area contributed by atoms with Crippen molar-refractivity contribution in [1.82, 2.24) is 9.97 Å². The maximum absolute atomic E-state index is 12.9. The number of hydrogen-bond donors (Lipinski definition) is 2. The van der Waals surface area contributed by atoms with Crippen LogP contribution in [0.1, 0.15) is 23.0 Å². The Morgan fingerprint density at radius 2 is 2.00 bits per heavy atom. The van der Waals surface area contributed by atoms with Crippen LogP contribution in [0.25, 0.3) is 10.2 Å². The minimum atomic E-state index is -0.169. The number of carbonyl (C=O) groups is 2. The average Bonchev–Trinajstić information content (AvgIpc) is 3.35. The minimum absolute atomic E-state index is 0.163. The van der Waals surface area contributed by atoms with Gasteiger partial charge < -0.3 is 10.6 Å². The molecule has 29 heavy (non-hydrogen) atoms. The molecule has 2 aromatic heterocycles. The molecule has 0 saturated heterocycles. The number of benzene rings is 2. The molecule has 0 atom stereocenters. The number of amides is 2. The Kier molecular flexibility index (Phi) is 5.89. The monoisotopic (exact) mass is 440 g/mol. The molecule has 4 rings (SSSR count). The van der Waals surface area contributed by atoms with E-state index in [9.17, 15) is 9.59 Å². The van der Waals surface area contributed by atoms with Crippen LogP contribution in [0, 0.1) is 0 Å². The van der Waals surface area contributed by atoms with Gasteiger partial charge in [0, 0.05) is 28.6 Å². The summed E-state index contributed by atoms with van der Waals surface area (Å²) in [4.78, 5) is 33.6. The number of aromatic nitrogens is 2. The van der Waals surface area contributed by atoms with Gasteiger partial charge in [-0.3, -0.25) is 9.59 Å². The topological polar surface area (TPSA) is 84.0 Å². The van der Waals surface area contributed by atoms with Crippen LogP contribution < -0.4 is 10.6 Å². The zero-order valence-corrected chi connectivity index (χ0v) is 17.8. The molecule has 2 amide bonds. The summed E-state index contributed by atoms with van der Waals surface area (Å²) in [6, 6.07) is 13.0. The highest BCUT2D eigenvalue weighted by Crippen LogP contribution is 2.30. The van der Waals surface area contributed by atoms with E-state index in [1.54, 1.807) is 28.6 Å². The Balaban J connectivity index is 1.51. The van der Waals surface area contributed by atoms with Crippen LogP contribution in [0.3, 0.4) is 0 Å². The quantitative estimate of drug-likeness (QED) is 0.400. The molecule has 6 nitrogen and oxygen atoms in total. The van der Waals surface area contributed by atoms with Crippen molar-refractivity contribution in [3.63, 3.8) is 0 Å². The lowest BCUT2D eigenvalue weighted by Gasteiger charge is -2.09. The second-order valence-corrected chi connectivity index (χ2v) is 8.87. The van der Waals surface area contributed by atoms with Gasteiger partial charge in [-0.15, -0.1) is 23.1 Å². The van der Waals surface area contributed by atoms with E-state index in [0.29, 0.717) is 22.1 Å². The Labute approximate surface area is 179 Å². The first-order valence-electron chi connectivity index (χ1n) is 8.67. The largest absolute Gasteiger partial charge is 0.322 e. The molecule has 0 aliphatic carbocycles. The molecule has 0 unspecified atom stereocenters. The number of rotatable bonds is 6. The Morgan fingerprint density at radius 3 is 2.79 bits per heavy atom. The summed E-state index contributed by atoms with van der Waals surface area (Å²) in [5, 5.41) is 8.20. The zero-order chi connectivity index (χ0) is 20.2. The van der Waals surface area contributed by atoms with E-state index < -0.39 is 0 Å². The van der Waals surface area contributed by atoms with Gasteiger partial charge in [-0.25, -0.2) is 9.97 Å². The van der Waals surface area contributed by atoms with Gasteiger partial charge in [0.15, 0.2) is 5.13 Å². The highest BCUT2D eigenvalue weighted by Gasteiger charge is 2.13. The molecule has 2 N–H and O–H groups in total. The predicted octanol–water partition coefficient (Wildman–Crippen LogP) is 5.26. The van der Waals surface area contributed by atoms with Crippen molar-refractivity contribution in [3.05, 3.63) is 64.6 Å². The van der Waals surface area contributed by atoms with Crippen molar-refractivity contribution < 1.29 is 9.59 Å². The highest BCUT2D eigenvalue weighted by molar-refractivity contribution is 7.98. The van der Waals surface area contributed by atoms with E-state index in [2.05, 4.69) is 20.6 Å². The molecule has 0 bridgehead atoms. The van der Waals surface area contributed by atoms with Crippen LogP contribution in [-0.2, 0) is 10.5 Å². The summed E-state index contributed by atoms with van der Waals surface area (Å²) < 4.78 is 0.887. The van der Waals surface area contributed by atoms with Crippen molar-refractivity contribution in [2.45, 2.75) is 17.6 Å². The third-order valence-corrected chi connectivity index (χ3v) is 6.60. The van der Waals surface area contributed by atoms with Crippen molar-refractivity contribution >= 4 is 67.3 Å². The maximum Gasteiger partial charge on any atom is 0.256 e. The number of thiazole rings is 2. The fraction of sp³-hybridized carbons (Fsp3) is 0.100. The van der Waals surface area contributed by atoms with Gasteiger partial charge in [0.2, 0.25) is 5.91 Å². The molecule has 2 aromatic carbocycles. The Morgan fingerprint density at radius 1 is 1.14 bits per heavy atom. The van der Waals surface area contributed by atoms with Crippen LogP contribution in [-0.4, -0.2) is 21.8 Å². The van der Waals surface area contributed by atoms with Crippen molar-refractivity contribution in [1.29, 1.82) is 0 Å². The zero-order valence-electron chi connectivity index (χ0n) is 15.3. The lowest BCUT2D eigenvalue weighted by Crippen LogP contribution is -2.12. The van der Waals surface area contributed by atoms with Crippen LogP contribution in [0.4, 0.5) is 10.8 Å². The van der Waals surface area contributed by atoms with Crippen molar-refractivity contribution in [2.75, 3.05) is 10.6 Å². The molecule has 2 heterocycles. The number of anilines is 2. The first-order valence-corrected chi connectivity index (χ1v) is 11.4. The smallest absolute Gasteiger partial charge is 0.256 e. The number of nitrogens with zero attached hydrogens (tertiary/aromatic N) is 2. The van der Waals surface area contributed by atoms with Crippen molar-refractivity contribution in [2.24, 2.45) is 0 Å². The maximum atomic E-state index is 12.9. The molecule has 9 heteroatoms. The molecule has 146 valence electrons. The Hall–Kier alpha value is -2.75. The summed E-state index contributed by atoms with van der Waals surface area (Å²) in [5.41, 5.74) is 4.88. The van der Waals surface area contributed by atoms with E-state index >= 15 is 0 Å². The van der Waals surface area contributed by atoms with Crippen LogP contribution >= 0.6 is 34.4 Å². The fourth-order valence-electron chi connectivity index (χ4n) is 2.65. The van der Waals surface area contributed by atoms with E-state index in [1.165, 1.54) is 18.3 Å². The first kappa shape index (κ1) is 19.6. The van der Waals surface area contributed by atoms with Gasteiger partial charge in [0.05, 0.1) is 27.0 Å². The molecule has 4 aromatic rings. The SMILES string of the molecule is CC(=O)Nc1nc2ccc(NC(=O)c3ccccc3SCc3cscn3)cc2s1. The van der Waals surface area contributed by atoms with Gasteiger partial charge in [0.25, 0.3) is 5.91 Å². The predicted molar refractivity (Wildman–Crippen MR) is 120 cm³/mol. The third-order valence-electron chi connectivity index (χ3n) is 3.92. The van der Waals surface area contributed by atoms with Crippen LogP contribution in [0.2, 0.25) is 0 Å². The summed E-state index contributed by atoms with van der Waals surface area (Å²) in [7, 11) is 0. The number of hydrogen-bond acceptors (Lipinski definition) is 7. The molecule has 0 aliphatic heterocycles. The summed E-state index contributed by atoms with van der Waals surface area (Å²) in [6.45, 7) is 1.45. The van der Waals surface area contributed by atoms with Crippen LogP contribution in [0.15, 0.2) is 58.3 Å². The third kappa shape index (κ3) is 4.81. The average molecular weight is 441 g/mol. The molecule has 0 spiro atoms. The molecular formula is C20H16N4O2S3. The van der Waals surface area contributed by atoms with E-state index in [1.807, 2.05) is 47.8 Å². The highest BCUT2D eigenvalue weighted by atomic mass is 32.2. The Bertz CT molecular complexity index is 1170. The van der Waals surface area contributed by atoms with Gasteiger partial charge >= 0.3 is 0 Å². The first-order chi connectivity index (χ1) is 14.1. The summed E-state index contributed by atoms with van der Waals surface area (Å²) in [6.07, 6.45) is 0. The van der Waals surface area contributed by atoms with Gasteiger partial charge in [-0.1, -0.05) is 23.5 Å². The van der Waals surface area contributed by atoms with E-state index in [4.69, 9.17) is 0 Å². The van der Waals surface area contributed by atoms with Gasteiger partial charge in [0.1, 0.15) is 0 Å². The van der Waals surface area contributed by atoms with Crippen LogP contribution in [0.5, 0.6) is 0 Å². The molecule has 0 radical (unpaired) electrons. The molecule has 0 saturated carbocycles. The lowest BCUT2D eigenvalue weighted by atomic mass is 10.2. The standard InChI is InChI=1S/C20H16N4O2S3/c1-12(25)22-20-24-16-7-6-13(8-18(16)29-20)23-19(26)15-4-2-3-5-17(15)28-10-14-9-27-11-21-14/h2-9,11H,10H2,1H3,(H,23,26)(H,22,24,25). The van der Waals surface area contributed by atoms with Gasteiger partial charge in [-0.2, -0.15) is 0 Å². The lowest BCUT2D eigenvalue weighted by molar-refractivity contribution is -0.114. The normalized spacial score (nSPS) is 10.8. The van der Waals surface area contributed by atoms with Gasteiger partial charge in [-0.05, 0) is 30.3 Å². The second kappa shape index (κ2) is 8.73. The molecule has 0 fully saturated rings.